The minimum Gasteiger partial charge on any atom is -0.508 e. The monoisotopic (exact) mass is 541 g/mol. The van der Waals surface area contributed by atoms with Crippen molar-refractivity contribution >= 4 is 18.2 Å². The minimum atomic E-state index is -0.502. The zero-order valence-corrected chi connectivity index (χ0v) is 23.1. The zero-order valence-electron chi connectivity index (χ0n) is 23.1. The lowest BCUT2D eigenvalue weighted by atomic mass is 9.98. The van der Waals surface area contributed by atoms with Crippen molar-refractivity contribution in [1.29, 1.82) is 0 Å². The predicted octanol–water partition coefficient (Wildman–Crippen LogP) is 2.74. The Hall–Kier alpha value is -3.50. The molecule has 2 aromatic rings. The molecule has 0 radical (unpaired) electrons. The van der Waals surface area contributed by atoms with E-state index in [9.17, 15) is 23.9 Å². The average molecular weight is 542 g/mol. The highest BCUT2D eigenvalue weighted by atomic mass is 19.1. The molecule has 3 amide bonds. The third-order valence-corrected chi connectivity index (χ3v) is 7.21. The van der Waals surface area contributed by atoms with Gasteiger partial charge in [0.2, 0.25) is 18.2 Å². The number of unbranched alkanes of at least 4 members (excludes halogenated alkanes) is 3. The van der Waals surface area contributed by atoms with Gasteiger partial charge in [0, 0.05) is 33.6 Å². The van der Waals surface area contributed by atoms with Gasteiger partial charge in [0.05, 0.1) is 13.1 Å². The van der Waals surface area contributed by atoms with E-state index in [0.29, 0.717) is 25.9 Å². The van der Waals surface area contributed by atoms with Crippen molar-refractivity contribution in [2.45, 2.75) is 57.8 Å². The first kappa shape index (κ1) is 30.0. The number of halogens is 1. The van der Waals surface area contributed by atoms with E-state index in [1.54, 1.807) is 29.2 Å². The van der Waals surface area contributed by atoms with E-state index in [1.807, 2.05) is 36.1 Å². The Morgan fingerprint density at radius 2 is 1.67 bits per heavy atom. The Morgan fingerprint density at radius 1 is 1.00 bits per heavy atom. The van der Waals surface area contributed by atoms with Gasteiger partial charge in [-0.1, -0.05) is 50.5 Å². The lowest BCUT2D eigenvalue weighted by Gasteiger charge is -2.54. The maximum absolute atomic E-state index is 13.3. The van der Waals surface area contributed by atoms with Crippen LogP contribution < -0.4 is 5.32 Å². The highest BCUT2D eigenvalue weighted by Crippen LogP contribution is 2.27. The number of benzene rings is 2. The van der Waals surface area contributed by atoms with Gasteiger partial charge in [0.25, 0.3) is 0 Å². The number of fused-ring (bicyclic) bond motifs is 1. The number of nitrogens with one attached hydrogen (secondary N) is 1. The number of phenolic OH excluding ortho intramolecular Hbond substituents is 1. The second-order valence-corrected chi connectivity index (χ2v) is 10.0. The van der Waals surface area contributed by atoms with Crippen molar-refractivity contribution in [3.63, 3.8) is 0 Å². The van der Waals surface area contributed by atoms with Gasteiger partial charge in [-0.05, 0) is 41.8 Å². The molecule has 9 nitrogen and oxygen atoms in total. The fraction of sp³-hybridized carbons (Fsp3) is 0.483. The number of rotatable bonds is 10. The van der Waals surface area contributed by atoms with E-state index in [-0.39, 0.29) is 36.1 Å². The van der Waals surface area contributed by atoms with Crippen LogP contribution in [0.15, 0.2) is 48.5 Å². The summed E-state index contributed by atoms with van der Waals surface area (Å²) in [4.78, 5) is 39.7. The number of carbonyl (C=O) groups is 3. The molecule has 10 heteroatoms. The predicted molar refractivity (Wildman–Crippen MR) is 147 cm³/mol. The average Bonchev–Trinajstić information content (AvgIpc) is 2.92. The number of amides is 3. The Bertz CT molecular complexity index is 1080. The molecule has 2 aliphatic rings. The molecule has 39 heavy (non-hydrogen) atoms. The van der Waals surface area contributed by atoms with Crippen LogP contribution in [0, 0.1) is 5.82 Å². The Balaban J connectivity index is 0.000000320. The quantitative estimate of drug-likeness (QED) is 0.355. The molecule has 0 saturated carbocycles. The van der Waals surface area contributed by atoms with Crippen LogP contribution in [0.2, 0.25) is 0 Å². The molecule has 2 atom stereocenters. The molecule has 0 spiro atoms. The van der Waals surface area contributed by atoms with Crippen LogP contribution in [0.25, 0.3) is 0 Å². The Morgan fingerprint density at radius 3 is 2.31 bits per heavy atom. The van der Waals surface area contributed by atoms with E-state index >= 15 is 0 Å². The number of nitrogens with zero attached hydrogens (tertiary/aromatic N) is 4. The minimum absolute atomic E-state index is 0.00615. The molecular weight excluding hydrogens is 501 g/mol. The number of aromatic hydroxyl groups is 1. The first-order chi connectivity index (χ1) is 18.7. The summed E-state index contributed by atoms with van der Waals surface area (Å²) in [5.41, 5.74) is 1.83. The summed E-state index contributed by atoms with van der Waals surface area (Å²) in [6, 6.07) is 12.4. The molecule has 1 unspecified atom stereocenters. The summed E-state index contributed by atoms with van der Waals surface area (Å²) in [6.45, 7) is 4.19. The highest BCUT2D eigenvalue weighted by Gasteiger charge is 2.47. The van der Waals surface area contributed by atoms with Crippen molar-refractivity contribution in [2.24, 2.45) is 0 Å². The number of hydrogen-bond donors (Lipinski definition) is 2. The largest absolute Gasteiger partial charge is 0.508 e. The van der Waals surface area contributed by atoms with Crippen LogP contribution in [0.4, 0.5) is 4.39 Å². The Labute approximate surface area is 230 Å². The number of hydrogen-bond acceptors (Lipinski definition) is 6. The molecule has 0 aromatic heterocycles. The third kappa shape index (κ3) is 8.24. The molecule has 0 aliphatic carbocycles. The van der Waals surface area contributed by atoms with Gasteiger partial charge in [-0.2, -0.15) is 0 Å². The molecule has 2 N–H and O–H groups in total. The summed E-state index contributed by atoms with van der Waals surface area (Å²) in [5.74, 6) is -0.0371. The second kappa shape index (κ2) is 14.6. The van der Waals surface area contributed by atoms with Crippen LogP contribution in [0.3, 0.4) is 0 Å². The first-order valence-corrected chi connectivity index (χ1v) is 13.5. The lowest BCUT2D eigenvalue weighted by molar-refractivity contribution is -0.193. The van der Waals surface area contributed by atoms with Crippen molar-refractivity contribution in [1.82, 2.24) is 25.1 Å². The Kier molecular flexibility index (Phi) is 11.2. The maximum Gasteiger partial charge on any atom is 0.245 e. The van der Waals surface area contributed by atoms with Gasteiger partial charge in [-0.3, -0.25) is 14.4 Å². The number of piperazine rings is 1. The van der Waals surface area contributed by atoms with E-state index < -0.39 is 6.04 Å². The van der Waals surface area contributed by atoms with Gasteiger partial charge < -0.3 is 20.2 Å². The number of phenols is 1. The number of likely N-dealkylation sites (N-methyl/N-ethyl adjacent to an activating group) is 2. The number of hydrazine groups is 1. The fourth-order valence-corrected chi connectivity index (χ4v) is 4.90. The normalized spacial score (nSPS) is 19.8. The second-order valence-electron chi connectivity index (χ2n) is 10.0. The maximum atomic E-state index is 13.3. The van der Waals surface area contributed by atoms with E-state index in [2.05, 4.69) is 17.2 Å². The molecule has 212 valence electrons. The van der Waals surface area contributed by atoms with E-state index in [1.165, 1.54) is 18.6 Å². The topological polar surface area (TPSA) is 96.4 Å². The van der Waals surface area contributed by atoms with Gasteiger partial charge in [-0.15, -0.1) is 0 Å². The zero-order chi connectivity index (χ0) is 28.4. The molecule has 2 saturated heterocycles. The van der Waals surface area contributed by atoms with E-state index in [4.69, 9.17) is 0 Å². The van der Waals surface area contributed by atoms with Gasteiger partial charge in [-0.25, -0.2) is 14.4 Å². The van der Waals surface area contributed by atoms with E-state index in [0.717, 1.165) is 36.9 Å². The third-order valence-electron chi connectivity index (χ3n) is 7.21. The SMILES string of the molecule is CCCCCCN1C[C@H]2N(C(=O)CN(C)N2C)C(Cc2ccc(O)cc2)C1=O.O=CNCc1ccc(F)cc1. The first-order valence-electron chi connectivity index (χ1n) is 13.5. The summed E-state index contributed by atoms with van der Waals surface area (Å²) < 4.78 is 12.3. The molecule has 2 aliphatic heterocycles. The molecular formula is C29H40FN5O4. The van der Waals surface area contributed by atoms with Crippen LogP contribution in [0.1, 0.15) is 43.7 Å². The van der Waals surface area contributed by atoms with Crippen LogP contribution in [-0.4, -0.2) is 89.1 Å². The molecule has 0 bridgehead atoms. The lowest BCUT2D eigenvalue weighted by Crippen LogP contribution is -2.73. The van der Waals surface area contributed by atoms with Gasteiger partial charge >= 0.3 is 0 Å². The van der Waals surface area contributed by atoms with Crippen molar-refractivity contribution in [3.05, 3.63) is 65.5 Å². The number of carbonyl (C=O) groups excluding carboxylic acids is 3. The van der Waals surface area contributed by atoms with Crippen LogP contribution in [-0.2, 0) is 27.3 Å². The van der Waals surface area contributed by atoms with Gasteiger partial charge in [0.1, 0.15) is 23.8 Å². The molecule has 2 fully saturated rings. The van der Waals surface area contributed by atoms with Crippen molar-refractivity contribution < 1.29 is 23.9 Å². The molecule has 2 heterocycles. The highest BCUT2D eigenvalue weighted by molar-refractivity contribution is 5.90. The van der Waals surface area contributed by atoms with Crippen LogP contribution in [0.5, 0.6) is 5.75 Å². The smallest absolute Gasteiger partial charge is 0.245 e. The van der Waals surface area contributed by atoms with Gasteiger partial charge in [0.15, 0.2) is 0 Å². The fourth-order valence-electron chi connectivity index (χ4n) is 4.90. The summed E-state index contributed by atoms with van der Waals surface area (Å²) in [5, 5.41) is 16.0. The van der Waals surface area contributed by atoms with Crippen molar-refractivity contribution in [2.75, 3.05) is 33.7 Å². The standard InChI is InChI=1S/C21H32N4O3.C8H8FNO/c1-4-5-6-7-12-24-14-19-23(3)22(2)15-20(27)25(19)18(21(24)28)13-16-8-10-17(26)11-9-16;9-8-3-1-7(2-4-8)5-10-6-11/h8-11,18-19,26H,4-7,12-15H2,1-3H3;1-4,6H,5H2,(H,10,11)/t18?,19-;/m1./s1. The summed E-state index contributed by atoms with van der Waals surface area (Å²) >= 11 is 0. The van der Waals surface area contributed by atoms with Crippen LogP contribution >= 0.6 is 0 Å². The summed E-state index contributed by atoms with van der Waals surface area (Å²) in [7, 11) is 3.89. The molecule has 2 aromatic carbocycles. The summed E-state index contributed by atoms with van der Waals surface area (Å²) in [6.07, 6.45) is 5.38. The van der Waals surface area contributed by atoms with Crippen molar-refractivity contribution in [3.8, 4) is 5.75 Å². The molecule has 4 rings (SSSR count).